The number of nitriles is 1. The number of benzene rings is 1. The summed E-state index contributed by atoms with van der Waals surface area (Å²) in [7, 11) is 0. The lowest BCUT2D eigenvalue weighted by Crippen LogP contribution is -2.53. The monoisotopic (exact) mass is 395 g/mol. The zero-order valence-electron chi connectivity index (χ0n) is 16.3. The zero-order chi connectivity index (χ0) is 20.6. The van der Waals surface area contributed by atoms with Crippen LogP contribution in [-0.2, 0) is 27.3 Å². The second kappa shape index (κ2) is 7.51. The molecule has 152 valence electrons. The first-order chi connectivity index (χ1) is 13.9. The molecule has 2 saturated carbocycles. The van der Waals surface area contributed by atoms with Gasteiger partial charge in [-0.1, -0.05) is 37.1 Å². The maximum absolute atomic E-state index is 13.5. The molecule has 2 aliphatic carbocycles. The van der Waals surface area contributed by atoms with E-state index in [1.165, 1.54) is 4.90 Å². The minimum Gasteiger partial charge on any atom is -0.480 e. The number of aliphatic carboxylic acids is 1. The van der Waals surface area contributed by atoms with Crippen LogP contribution in [0, 0.1) is 23.2 Å². The smallest absolute Gasteiger partial charge is 0.326 e. The Morgan fingerprint density at radius 3 is 2.38 bits per heavy atom. The van der Waals surface area contributed by atoms with E-state index < -0.39 is 29.4 Å². The molecule has 1 heterocycles. The summed E-state index contributed by atoms with van der Waals surface area (Å²) >= 11 is 0. The maximum atomic E-state index is 13.5. The Morgan fingerprint density at radius 2 is 1.76 bits per heavy atom. The highest BCUT2D eigenvalue weighted by molar-refractivity contribution is 5.91. The molecule has 0 saturated heterocycles. The van der Waals surface area contributed by atoms with Gasteiger partial charge in [0.1, 0.15) is 11.6 Å². The van der Waals surface area contributed by atoms with Crippen LogP contribution in [-0.4, -0.2) is 39.4 Å². The van der Waals surface area contributed by atoms with E-state index in [1.807, 2.05) is 24.3 Å². The van der Waals surface area contributed by atoms with Gasteiger partial charge in [0, 0.05) is 24.8 Å². The van der Waals surface area contributed by atoms with Gasteiger partial charge in [-0.2, -0.15) is 5.26 Å². The average Bonchev–Trinajstić information content (AvgIpc) is 3.52. The largest absolute Gasteiger partial charge is 0.480 e. The molecular weight excluding hydrogens is 370 g/mol. The van der Waals surface area contributed by atoms with Gasteiger partial charge in [0.15, 0.2) is 0 Å². The Labute approximate surface area is 169 Å². The predicted molar refractivity (Wildman–Crippen MR) is 103 cm³/mol. The van der Waals surface area contributed by atoms with Crippen LogP contribution in [0.2, 0.25) is 0 Å². The highest BCUT2D eigenvalue weighted by Crippen LogP contribution is 2.38. The number of carboxylic acid groups (broad SMARTS) is 1. The van der Waals surface area contributed by atoms with Crippen LogP contribution in [0.1, 0.15) is 49.7 Å². The Balaban J connectivity index is 1.56. The van der Waals surface area contributed by atoms with E-state index >= 15 is 0 Å². The van der Waals surface area contributed by atoms with E-state index in [0.717, 1.165) is 24.0 Å². The molecule has 7 nitrogen and oxygen atoms in total. The number of rotatable bonds is 4. The molecule has 4 rings (SSSR count). The first kappa shape index (κ1) is 19.4. The first-order valence-corrected chi connectivity index (χ1v) is 10.3. The number of carboxylic acids is 1. The van der Waals surface area contributed by atoms with Crippen LogP contribution in [0.4, 0.5) is 0 Å². The number of hydrogen-bond donors (Lipinski definition) is 2. The van der Waals surface area contributed by atoms with Crippen LogP contribution in [0.5, 0.6) is 0 Å². The van der Waals surface area contributed by atoms with Crippen molar-refractivity contribution in [2.45, 2.75) is 63.1 Å². The Kier molecular flexibility index (Phi) is 5.03. The van der Waals surface area contributed by atoms with Gasteiger partial charge in [-0.05, 0) is 36.8 Å². The molecule has 29 heavy (non-hydrogen) atoms. The van der Waals surface area contributed by atoms with Crippen molar-refractivity contribution >= 4 is 17.8 Å². The summed E-state index contributed by atoms with van der Waals surface area (Å²) in [4.78, 5) is 39.7. The molecule has 0 spiro atoms. The number of amides is 2. The number of nitrogens with one attached hydrogen (secondary N) is 1. The van der Waals surface area contributed by atoms with E-state index in [2.05, 4.69) is 11.4 Å². The Hall–Kier alpha value is -2.88. The lowest BCUT2D eigenvalue weighted by molar-refractivity contribution is -0.156. The van der Waals surface area contributed by atoms with Crippen LogP contribution >= 0.6 is 0 Å². The molecular formula is C22H25N3O4. The SMILES string of the molecule is N#CC1(NC(=O)[C@@H]2CCCC[C@H]2C(=O)N2Cc3ccccc3CC2C(=O)O)CC1. The van der Waals surface area contributed by atoms with Gasteiger partial charge in [0.2, 0.25) is 11.8 Å². The molecule has 1 unspecified atom stereocenters. The lowest BCUT2D eigenvalue weighted by Gasteiger charge is -2.39. The third-order valence-corrected chi connectivity index (χ3v) is 6.56. The van der Waals surface area contributed by atoms with Crippen LogP contribution in [0.25, 0.3) is 0 Å². The van der Waals surface area contributed by atoms with Gasteiger partial charge in [0.25, 0.3) is 0 Å². The third kappa shape index (κ3) is 3.71. The zero-order valence-corrected chi connectivity index (χ0v) is 16.3. The Bertz CT molecular complexity index is 886. The second-order valence-electron chi connectivity index (χ2n) is 8.47. The van der Waals surface area contributed by atoms with Gasteiger partial charge in [-0.15, -0.1) is 0 Å². The van der Waals surface area contributed by atoms with E-state index in [9.17, 15) is 24.8 Å². The van der Waals surface area contributed by atoms with Gasteiger partial charge >= 0.3 is 5.97 Å². The lowest BCUT2D eigenvalue weighted by atomic mass is 9.77. The molecule has 2 N–H and O–H groups in total. The molecule has 1 aliphatic heterocycles. The van der Waals surface area contributed by atoms with Crippen LogP contribution in [0.3, 0.4) is 0 Å². The summed E-state index contributed by atoms with van der Waals surface area (Å²) in [5.41, 5.74) is 1.14. The molecule has 1 aromatic rings. The summed E-state index contributed by atoms with van der Waals surface area (Å²) in [6, 6.07) is 8.82. The van der Waals surface area contributed by atoms with Crippen molar-refractivity contribution in [1.82, 2.24) is 10.2 Å². The molecule has 7 heteroatoms. The van der Waals surface area contributed by atoms with Crippen molar-refractivity contribution in [3.8, 4) is 6.07 Å². The summed E-state index contributed by atoms with van der Waals surface area (Å²) in [5.74, 6) is -2.56. The fourth-order valence-electron chi connectivity index (χ4n) is 4.65. The molecule has 3 aliphatic rings. The van der Waals surface area contributed by atoms with E-state index in [-0.39, 0.29) is 24.8 Å². The van der Waals surface area contributed by atoms with E-state index in [4.69, 9.17) is 0 Å². The number of fused-ring (bicyclic) bond motifs is 1. The van der Waals surface area contributed by atoms with Crippen LogP contribution in [0.15, 0.2) is 24.3 Å². The normalized spacial score (nSPS) is 27.3. The van der Waals surface area contributed by atoms with Crippen molar-refractivity contribution < 1.29 is 19.5 Å². The molecule has 1 aromatic carbocycles. The van der Waals surface area contributed by atoms with Crippen molar-refractivity contribution in [1.29, 1.82) is 5.26 Å². The fraction of sp³-hybridized carbons (Fsp3) is 0.545. The maximum Gasteiger partial charge on any atom is 0.326 e. The summed E-state index contributed by atoms with van der Waals surface area (Å²) in [6.45, 7) is 0.249. The molecule has 0 radical (unpaired) electrons. The van der Waals surface area contributed by atoms with E-state index in [0.29, 0.717) is 25.7 Å². The average molecular weight is 395 g/mol. The number of nitrogens with zero attached hydrogens (tertiary/aromatic N) is 2. The highest BCUT2D eigenvalue weighted by Gasteiger charge is 2.48. The van der Waals surface area contributed by atoms with Gasteiger partial charge < -0.3 is 15.3 Å². The fourth-order valence-corrected chi connectivity index (χ4v) is 4.65. The number of carbonyl (C=O) groups is 3. The quantitative estimate of drug-likeness (QED) is 0.810. The van der Waals surface area contributed by atoms with Crippen molar-refractivity contribution in [3.63, 3.8) is 0 Å². The van der Waals surface area contributed by atoms with Gasteiger partial charge in [0.05, 0.1) is 6.07 Å². The van der Waals surface area contributed by atoms with Crippen LogP contribution < -0.4 is 5.32 Å². The standard InChI is InChI=1S/C22H25N3O4/c23-13-22(9-10-22)24-19(26)16-7-3-4-8-17(16)20(27)25-12-15-6-2-1-5-14(15)11-18(25)21(28)29/h1-2,5-6,16-18H,3-4,7-12H2,(H,24,26)(H,28,29)/t16-,17-,18?/m1/s1. The molecule has 0 bridgehead atoms. The van der Waals surface area contributed by atoms with Crippen molar-refractivity contribution in [2.75, 3.05) is 0 Å². The Morgan fingerprint density at radius 1 is 1.10 bits per heavy atom. The minimum absolute atomic E-state index is 0.244. The second-order valence-corrected chi connectivity index (χ2v) is 8.47. The highest BCUT2D eigenvalue weighted by atomic mass is 16.4. The number of hydrogen-bond acceptors (Lipinski definition) is 4. The molecule has 2 fully saturated rings. The van der Waals surface area contributed by atoms with Crippen molar-refractivity contribution in [2.24, 2.45) is 11.8 Å². The molecule has 0 aromatic heterocycles. The predicted octanol–water partition coefficient (Wildman–Crippen LogP) is 2.00. The first-order valence-electron chi connectivity index (χ1n) is 10.3. The summed E-state index contributed by atoms with van der Waals surface area (Å²) in [6.07, 6.45) is 4.42. The van der Waals surface area contributed by atoms with E-state index in [1.54, 1.807) is 0 Å². The minimum atomic E-state index is -1.02. The molecule has 3 atom stereocenters. The summed E-state index contributed by atoms with van der Waals surface area (Å²) in [5, 5.41) is 21.8. The van der Waals surface area contributed by atoms with Gasteiger partial charge in [-0.3, -0.25) is 9.59 Å². The summed E-state index contributed by atoms with van der Waals surface area (Å²) < 4.78 is 0. The number of carbonyl (C=O) groups excluding carboxylic acids is 2. The topological polar surface area (TPSA) is 111 Å². The van der Waals surface area contributed by atoms with Crippen molar-refractivity contribution in [3.05, 3.63) is 35.4 Å². The van der Waals surface area contributed by atoms with Gasteiger partial charge in [-0.25, -0.2) is 4.79 Å². The third-order valence-electron chi connectivity index (χ3n) is 6.56. The molecule has 2 amide bonds.